The van der Waals surface area contributed by atoms with E-state index in [1.165, 1.54) is 7.11 Å². The molecule has 0 heterocycles. The highest BCUT2D eigenvalue weighted by Crippen LogP contribution is 2.22. The zero-order chi connectivity index (χ0) is 13.8. The third-order valence-corrected chi connectivity index (χ3v) is 2.47. The van der Waals surface area contributed by atoms with Crippen LogP contribution in [0, 0.1) is 6.92 Å². The van der Waals surface area contributed by atoms with E-state index >= 15 is 0 Å². The molecular formula is C12H15F4NO. The second-order valence-electron chi connectivity index (χ2n) is 3.97. The van der Waals surface area contributed by atoms with Crippen LogP contribution in [0.25, 0.3) is 0 Å². The molecule has 102 valence electrons. The molecule has 0 bridgehead atoms. The molecule has 1 aromatic rings. The molecule has 0 aliphatic carbocycles. The minimum Gasteiger partial charge on any atom is -0.496 e. The van der Waals surface area contributed by atoms with E-state index in [0.29, 0.717) is 5.75 Å². The van der Waals surface area contributed by atoms with Gasteiger partial charge in [-0.05, 0) is 24.1 Å². The van der Waals surface area contributed by atoms with Crippen molar-refractivity contribution >= 4 is 0 Å². The Bertz CT molecular complexity index is 396. The first-order valence-corrected chi connectivity index (χ1v) is 5.37. The fraction of sp³-hybridized carbons (Fsp3) is 0.500. The van der Waals surface area contributed by atoms with Gasteiger partial charge in [0.2, 0.25) is 0 Å². The monoisotopic (exact) mass is 265 g/mol. The lowest BCUT2D eigenvalue weighted by Crippen LogP contribution is -2.38. The van der Waals surface area contributed by atoms with Crippen molar-refractivity contribution in [1.82, 2.24) is 5.32 Å². The van der Waals surface area contributed by atoms with Gasteiger partial charge in [0.1, 0.15) is 5.75 Å². The molecular weight excluding hydrogens is 250 g/mol. The lowest BCUT2D eigenvalue weighted by molar-refractivity contribution is -0.125. The van der Waals surface area contributed by atoms with Gasteiger partial charge in [0.25, 0.3) is 0 Å². The standard InChI is InChI=1S/C12H15F4NO/c1-8-5-9(3-4-10(8)18-2)6-17-7-12(15,16)11(13)14/h3-5,11,17H,6-7H2,1-2H3. The van der Waals surface area contributed by atoms with E-state index in [4.69, 9.17) is 4.74 Å². The number of nitrogens with one attached hydrogen (secondary N) is 1. The lowest BCUT2D eigenvalue weighted by Gasteiger charge is -2.16. The minimum atomic E-state index is -4.00. The highest BCUT2D eigenvalue weighted by atomic mass is 19.3. The van der Waals surface area contributed by atoms with Gasteiger partial charge in [0.05, 0.1) is 13.7 Å². The Morgan fingerprint density at radius 1 is 1.33 bits per heavy atom. The van der Waals surface area contributed by atoms with Gasteiger partial charge in [-0.2, -0.15) is 8.78 Å². The number of aryl methyl sites for hydroxylation is 1. The Hall–Kier alpha value is -1.30. The van der Waals surface area contributed by atoms with E-state index in [-0.39, 0.29) is 6.54 Å². The van der Waals surface area contributed by atoms with E-state index in [2.05, 4.69) is 5.32 Å². The smallest absolute Gasteiger partial charge is 0.319 e. The first kappa shape index (κ1) is 14.8. The summed E-state index contributed by atoms with van der Waals surface area (Å²) >= 11 is 0. The fourth-order valence-corrected chi connectivity index (χ4v) is 1.50. The fourth-order valence-electron chi connectivity index (χ4n) is 1.50. The van der Waals surface area contributed by atoms with Gasteiger partial charge < -0.3 is 10.1 Å². The summed E-state index contributed by atoms with van der Waals surface area (Å²) < 4.78 is 54.1. The third-order valence-electron chi connectivity index (χ3n) is 2.47. The summed E-state index contributed by atoms with van der Waals surface area (Å²) in [5.74, 6) is -3.31. The molecule has 0 aromatic heterocycles. The van der Waals surface area contributed by atoms with Crippen molar-refractivity contribution in [1.29, 1.82) is 0 Å². The Morgan fingerprint density at radius 3 is 2.50 bits per heavy atom. The molecule has 0 saturated heterocycles. The van der Waals surface area contributed by atoms with Crippen LogP contribution in [0.1, 0.15) is 11.1 Å². The Balaban J connectivity index is 2.52. The zero-order valence-electron chi connectivity index (χ0n) is 10.1. The molecule has 0 atom stereocenters. The molecule has 0 amide bonds. The van der Waals surface area contributed by atoms with Crippen LogP contribution in [0.15, 0.2) is 18.2 Å². The van der Waals surface area contributed by atoms with Gasteiger partial charge in [-0.25, -0.2) is 8.78 Å². The van der Waals surface area contributed by atoms with Crippen LogP contribution in [-0.2, 0) is 6.54 Å². The maximum absolute atomic E-state index is 12.6. The van der Waals surface area contributed by atoms with Crippen LogP contribution >= 0.6 is 0 Å². The Labute approximate surface area is 103 Å². The highest BCUT2D eigenvalue weighted by molar-refractivity contribution is 5.36. The molecule has 6 heteroatoms. The van der Waals surface area contributed by atoms with Gasteiger partial charge >= 0.3 is 12.3 Å². The largest absolute Gasteiger partial charge is 0.496 e. The van der Waals surface area contributed by atoms with E-state index in [9.17, 15) is 17.6 Å². The molecule has 0 unspecified atom stereocenters. The van der Waals surface area contributed by atoms with Crippen molar-refractivity contribution in [2.45, 2.75) is 25.8 Å². The van der Waals surface area contributed by atoms with Crippen molar-refractivity contribution in [3.8, 4) is 5.75 Å². The van der Waals surface area contributed by atoms with Crippen LogP contribution in [0.2, 0.25) is 0 Å². The number of alkyl halides is 4. The van der Waals surface area contributed by atoms with Crippen molar-refractivity contribution < 1.29 is 22.3 Å². The summed E-state index contributed by atoms with van der Waals surface area (Å²) in [6.45, 7) is 0.874. The maximum atomic E-state index is 12.6. The molecule has 0 spiro atoms. The van der Waals surface area contributed by atoms with Crippen molar-refractivity contribution in [2.24, 2.45) is 0 Å². The van der Waals surface area contributed by atoms with Crippen molar-refractivity contribution in [3.63, 3.8) is 0 Å². The molecule has 18 heavy (non-hydrogen) atoms. The molecule has 1 N–H and O–H groups in total. The summed E-state index contributed by atoms with van der Waals surface area (Å²) in [7, 11) is 1.53. The average molecular weight is 265 g/mol. The number of methoxy groups -OCH3 is 1. The SMILES string of the molecule is COc1ccc(CNCC(F)(F)C(F)F)cc1C. The topological polar surface area (TPSA) is 21.3 Å². The number of rotatable bonds is 6. The van der Waals surface area contributed by atoms with E-state index in [0.717, 1.165) is 11.1 Å². The molecule has 2 nitrogen and oxygen atoms in total. The predicted octanol–water partition coefficient (Wildman–Crippen LogP) is 2.99. The van der Waals surface area contributed by atoms with Crippen LogP contribution < -0.4 is 10.1 Å². The van der Waals surface area contributed by atoms with Crippen LogP contribution in [0.5, 0.6) is 5.75 Å². The van der Waals surface area contributed by atoms with Gasteiger partial charge in [-0.3, -0.25) is 0 Å². The normalized spacial score (nSPS) is 11.9. The van der Waals surface area contributed by atoms with Gasteiger partial charge in [0.15, 0.2) is 0 Å². The number of hydrogen-bond acceptors (Lipinski definition) is 2. The van der Waals surface area contributed by atoms with Crippen LogP contribution in [-0.4, -0.2) is 26.0 Å². The molecule has 1 aromatic carbocycles. The summed E-state index contributed by atoms with van der Waals surface area (Å²) in [5.41, 5.74) is 1.59. The summed E-state index contributed by atoms with van der Waals surface area (Å²) in [5, 5.41) is 2.32. The second-order valence-corrected chi connectivity index (χ2v) is 3.97. The maximum Gasteiger partial charge on any atom is 0.319 e. The van der Waals surface area contributed by atoms with E-state index in [1.807, 2.05) is 6.92 Å². The van der Waals surface area contributed by atoms with Crippen molar-refractivity contribution in [3.05, 3.63) is 29.3 Å². The Morgan fingerprint density at radius 2 is 2.00 bits per heavy atom. The zero-order valence-corrected chi connectivity index (χ0v) is 10.1. The lowest BCUT2D eigenvalue weighted by atomic mass is 10.1. The Kier molecular flexibility index (Phi) is 4.95. The second kappa shape index (κ2) is 6.04. The third kappa shape index (κ3) is 3.87. The van der Waals surface area contributed by atoms with Gasteiger partial charge in [-0.1, -0.05) is 12.1 Å². The number of ether oxygens (including phenoxy) is 1. The van der Waals surface area contributed by atoms with E-state index < -0.39 is 18.9 Å². The molecule has 1 rings (SSSR count). The van der Waals surface area contributed by atoms with Crippen molar-refractivity contribution in [2.75, 3.05) is 13.7 Å². The molecule has 0 saturated carbocycles. The number of hydrogen-bond donors (Lipinski definition) is 1. The number of benzene rings is 1. The first-order chi connectivity index (χ1) is 8.36. The molecule has 0 radical (unpaired) electrons. The molecule has 0 fully saturated rings. The summed E-state index contributed by atoms with van der Waals surface area (Å²) in [6.07, 6.45) is -3.65. The molecule has 0 aliphatic rings. The highest BCUT2D eigenvalue weighted by Gasteiger charge is 2.39. The predicted molar refractivity (Wildman–Crippen MR) is 60.4 cm³/mol. The average Bonchev–Trinajstić information content (AvgIpc) is 2.29. The summed E-state index contributed by atoms with van der Waals surface area (Å²) in [6, 6.07) is 5.16. The first-order valence-electron chi connectivity index (χ1n) is 5.37. The summed E-state index contributed by atoms with van der Waals surface area (Å²) in [4.78, 5) is 0. The van der Waals surface area contributed by atoms with Crippen LogP contribution in [0.4, 0.5) is 17.6 Å². The van der Waals surface area contributed by atoms with Gasteiger partial charge in [0, 0.05) is 6.54 Å². The minimum absolute atomic E-state index is 0.104. The van der Waals surface area contributed by atoms with E-state index in [1.54, 1.807) is 18.2 Å². The number of halogens is 4. The van der Waals surface area contributed by atoms with Gasteiger partial charge in [-0.15, -0.1) is 0 Å². The van der Waals surface area contributed by atoms with Crippen LogP contribution in [0.3, 0.4) is 0 Å². The molecule has 0 aliphatic heterocycles. The quantitative estimate of drug-likeness (QED) is 0.798.